The van der Waals surface area contributed by atoms with Gasteiger partial charge in [0, 0.05) is 0 Å². The molecule has 242 valence electrons. The van der Waals surface area contributed by atoms with E-state index in [-0.39, 0.29) is 17.2 Å². The van der Waals surface area contributed by atoms with Gasteiger partial charge in [-0.1, -0.05) is 30.3 Å². The minimum absolute atomic E-state index is 0.0192. The summed E-state index contributed by atoms with van der Waals surface area (Å²) in [5.74, 6) is -1.77. The summed E-state index contributed by atoms with van der Waals surface area (Å²) in [5, 5.41) is 17.5. The van der Waals surface area contributed by atoms with Crippen molar-refractivity contribution in [2.75, 3.05) is 10.6 Å². The number of carbonyl (C=O) groups is 2. The predicted octanol–water partition coefficient (Wildman–Crippen LogP) is 4.79. The Bertz CT molecular complexity index is 1660. The number of carbonyl (C=O) groups excluding carboxylic acids is 2. The number of aromatic nitrogens is 5. The molecule has 1 aliphatic rings. The van der Waals surface area contributed by atoms with Crippen LogP contribution >= 0.6 is 0 Å². The zero-order valence-electron chi connectivity index (χ0n) is 26.2. The van der Waals surface area contributed by atoms with Gasteiger partial charge in [-0.05, 0) is 64.7 Å². The number of ether oxygens (including phenoxy) is 2. The molecule has 1 fully saturated rings. The lowest BCUT2D eigenvalue weighted by atomic mass is 9.87. The van der Waals surface area contributed by atoms with Gasteiger partial charge < -0.3 is 31.2 Å². The first-order valence-corrected chi connectivity index (χ1v) is 15.0. The molecule has 0 spiro atoms. The smallest absolute Gasteiger partial charge is 0.408 e. The average Bonchev–Trinajstić information content (AvgIpc) is 3.54. The lowest BCUT2D eigenvalue weighted by Gasteiger charge is -2.39. The molecule has 3 heterocycles. The molecule has 5 rings (SSSR count). The van der Waals surface area contributed by atoms with Crippen LogP contribution in [0.25, 0.3) is 5.69 Å². The number of aryl methyl sites for hydroxylation is 1. The van der Waals surface area contributed by atoms with E-state index in [1.165, 1.54) is 17.2 Å². The summed E-state index contributed by atoms with van der Waals surface area (Å²) < 4.78 is 27.4. The van der Waals surface area contributed by atoms with Crippen molar-refractivity contribution in [1.82, 2.24) is 30.3 Å². The highest BCUT2D eigenvalue weighted by Gasteiger charge is 2.37. The van der Waals surface area contributed by atoms with E-state index in [1.807, 2.05) is 30.3 Å². The number of nitrogens with one attached hydrogen (secondary N) is 3. The second-order valence-corrected chi connectivity index (χ2v) is 12.0. The Balaban J connectivity index is 1.42. The Hall–Kier alpha value is -5.11. The second kappa shape index (κ2) is 13.9. The molecule has 0 saturated heterocycles. The minimum atomic E-state index is -0.869. The molecule has 3 atom stereocenters. The third-order valence-corrected chi connectivity index (χ3v) is 7.35. The largest absolute Gasteiger partial charge is 0.444 e. The zero-order valence-corrected chi connectivity index (χ0v) is 26.2. The molecule has 13 nitrogen and oxygen atoms in total. The Kier molecular flexibility index (Phi) is 9.75. The van der Waals surface area contributed by atoms with E-state index in [2.05, 4.69) is 36.1 Å². The maximum atomic E-state index is 15.5. The van der Waals surface area contributed by atoms with Crippen LogP contribution in [-0.4, -0.2) is 60.8 Å². The quantitative estimate of drug-likeness (QED) is 0.191. The van der Waals surface area contributed by atoms with Crippen molar-refractivity contribution in [2.45, 2.75) is 77.4 Å². The fourth-order valence-corrected chi connectivity index (χ4v) is 5.24. The number of rotatable bonds is 10. The van der Waals surface area contributed by atoms with Crippen LogP contribution < -0.4 is 21.7 Å². The average molecular weight is 632 g/mol. The van der Waals surface area contributed by atoms with Gasteiger partial charge in [-0.15, -0.1) is 4.80 Å². The molecule has 1 aliphatic carbocycles. The highest BCUT2D eigenvalue weighted by Crippen LogP contribution is 2.30. The van der Waals surface area contributed by atoms with Gasteiger partial charge in [0.25, 0.3) is 5.91 Å². The zero-order chi connectivity index (χ0) is 32.8. The van der Waals surface area contributed by atoms with Crippen LogP contribution in [0, 0.1) is 12.7 Å². The summed E-state index contributed by atoms with van der Waals surface area (Å²) >= 11 is 0. The van der Waals surface area contributed by atoms with E-state index in [4.69, 9.17) is 15.2 Å². The topological polar surface area (TPSA) is 171 Å². The van der Waals surface area contributed by atoms with Gasteiger partial charge in [0.1, 0.15) is 17.1 Å². The van der Waals surface area contributed by atoms with Crippen LogP contribution in [0.1, 0.15) is 61.6 Å². The number of hydrogen-bond donors (Lipinski definition) is 4. The molecule has 46 heavy (non-hydrogen) atoms. The summed E-state index contributed by atoms with van der Waals surface area (Å²) in [6.07, 6.45) is 5.59. The van der Waals surface area contributed by atoms with E-state index in [1.54, 1.807) is 40.0 Å². The Morgan fingerprint density at radius 3 is 2.52 bits per heavy atom. The first-order valence-electron chi connectivity index (χ1n) is 15.0. The first kappa shape index (κ1) is 32.3. The Morgan fingerprint density at radius 2 is 1.83 bits per heavy atom. The van der Waals surface area contributed by atoms with Crippen molar-refractivity contribution in [3.05, 3.63) is 83.7 Å². The van der Waals surface area contributed by atoms with E-state index in [0.717, 1.165) is 18.1 Å². The van der Waals surface area contributed by atoms with E-state index in [0.29, 0.717) is 36.5 Å². The standard InChI is InChI=1S/C32H38FN9O4/c1-19-25(42-36-13-14-37-42)15-21(17-35-19)38-29-22(28(34)43)16-23(33)30(41-29)39-24-11-8-12-26(45-18-20-9-6-5-7-10-20)27(24)40-31(44)46-32(2,3)4/h5-7,9-10,13-17,24,26-27H,8,11-12,18H2,1-4H3,(H2,34,43)(H,40,44)(H2,38,39,41)/t24?,26-,27-/m1/s1. The molecule has 1 saturated carbocycles. The monoisotopic (exact) mass is 631 g/mol. The molecule has 14 heteroatoms. The molecular formula is C32H38FN9O4. The molecule has 0 radical (unpaired) electrons. The maximum Gasteiger partial charge on any atom is 0.408 e. The number of alkyl carbamates (subject to hydrolysis) is 1. The number of nitrogens with zero attached hydrogens (tertiary/aromatic N) is 5. The lowest BCUT2D eigenvalue weighted by molar-refractivity contribution is -0.0146. The number of hydrogen-bond acceptors (Lipinski definition) is 10. The number of amides is 2. The summed E-state index contributed by atoms with van der Waals surface area (Å²) in [5.41, 5.74) is 7.41. The van der Waals surface area contributed by atoms with Crippen molar-refractivity contribution >= 4 is 29.3 Å². The van der Waals surface area contributed by atoms with Crippen molar-refractivity contribution in [2.24, 2.45) is 5.73 Å². The normalized spacial score (nSPS) is 18.1. The van der Waals surface area contributed by atoms with Crippen LogP contribution in [0.2, 0.25) is 0 Å². The number of halogens is 1. The van der Waals surface area contributed by atoms with E-state index < -0.39 is 41.6 Å². The molecule has 5 N–H and O–H groups in total. The number of pyridine rings is 2. The van der Waals surface area contributed by atoms with Crippen LogP contribution in [0.5, 0.6) is 0 Å². The van der Waals surface area contributed by atoms with Gasteiger partial charge in [0.15, 0.2) is 11.6 Å². The van der Waals surface area contributed by atoms with Gasteiger partial charge in [-0.2, -0.15) is 10.2 Å². The first-order chi connectivity index (χ1) is 22.0. The SMILES string of the molecule is Cc1ncc(Nc2nc(NC3CCC[C@@H](OCc4ccccc4)[C@@H]3NC(=O)OC(C)(C)C)c(F)cc2C(N)=O)cc1-n1nccn1. The summed E-state index contributed by atoms with van der Waals surface area (Å²) in [6, 6.07) is 11.4. The molecule has 4 aromatic rings. The van der Waals surface area contributed by atoms with Gasteiger partial charge in [0.2, 0.25) is 0 Å². The van der Waals surface area contributed by atoms with E-state index >= 15 is 4.39 Å². The van der Waals surface area contributed by atoms with Crippen LogP contribution in [0.4, 0.5) is 26.5 Å². The van der Waals surface area contributed by atoms with Crippen molar-refractivity contribution in [3.63, 3.8) is 0 Å². The molecule has 3 aromatic heterocycles. The molecule has 1 aromatic carbocycles. The lowest BCUT2D eigenvalue weighted by Crippen LogP contribution is -2.57. The van der Waals surface area contributed by atoms with E-state index in [9.17, 15) is 9.59 Å². The molecular weight excluding hydrogens is 593 g/mol. The third-order valence-electron chi connectivity index (χ3n) is 7.35. The predicted molar refractivity (Wildman–Crippen MR) is 169 cm³/mol. The van der Waals surface area contributed by atoms with Crippen molar-refractivity contribution in [3.8, 4) is 5.69 Å². The van der Waals surface area contributed by atoms with Gasteiger partial charge >= 0.3 is 6.09 Å². The molecule has 1 unspecified atom stereocenters. The Labute approximate surface area is 266 Å². The molecule has 2 amide bonds. The summed E-state index contributed by atoms with van der Waals surface area (Å²) in [7, 11) is 0. The van der Waals surface area contributed by atoms with Crippen LogP contribution in [-0.2, 0) is 16.1 Å². The number of benzene rings is 1. The van der Waals surface area contributed by atoms with Gasteiger partial charge in [-0.25, -0.2) is 14.2 Å². The fraction of sp³-hybridized carbons (Fsp3) is 0.375. The third kappa shape index (κ3) is 8.13. The van der Waals surface area contributed by atoms with Crippen molar-refractivity contribution in [1.29, 1.82) is 0 Å². The van der Waals surface area contributed by atoms with Gasteiger partial charge in [-0.3, -0.25) is 9.78 Å². The van der Waals surface area contributed by atoms with Crippen LogP contribution in [0.3, 0.4) is 0 Å². The highest BCUT2D eigenvalue weighted by atomic mass is 19.1. The summed E-state index contributed by atoms with van der Waals surface area (Å²) in [6.45, 7) is 7.47. The fourth-order valence-electron chi connectivity index (χ4n) is 5.24. The number of anilines is 3. The van der Waals surface area contributed by atoms with Crippen LogP contribution in [0.15, 0.2) is 61.1 Å². The minimum Gasteiger partial charge on any atom is -0.444 e. The summed E-state index contributed by atoms with van der Waals surface area (Å²) in [4.78, 5) is 35.5. The number of nitrogens with two attached hydrogens (primary N) is 1. The molecule has 0 aliphatic heterocycles. The van der Waals surface area contributed by atoms with Gasteiger partial charge in [0.05, 0.1) is 60.3 Å². The second-order valence-electron chi connectivity index (χ2n) is 12.0. The Morgan fingerprint density at radius 1 is 1.09 bits per heavy atom. The maximum absolute atomic E-state index is 15.5. The highest BCUT2D eigenvalue weighted by molar-refractivity contribution is 5.98. The molecule has 0 bridgehead atoms. The number of primary amides is 1. The van der Waals surface area contributed by atoms with Crippen molar-refractivity contribution < 1.29 is 23.5 Å².